The van der Waals surface area contributed by atoms with Gasteiger partial charge in [0.2, 0.25) is 0 Å². The van der Waals surface area contributed by atoms with Crippen LogP contribution in [0.15, 0.2) is 12.3 Å². The van der Waals surface area contributed by atoms with Crippen molar-refractivity contribution < 1.29 is 0 Å². The number of nitrogens with one attached hydrogen (secondary N) is 1. The monoisotopic (exact) mass is 230 g/mol. The molecule has 0 bridgehead atoms. The highest BCUT2D eigenvalue weighted by atomic mass is 35.5. The average Bonchev–Trinajstić information content (AvgIpc) is 2.65. The van der Waals surface area contributed by atoms with E-state index < -0.39 is 0 Å². The summed E-state index contributed by atoms with van der Waals surface area (Å²) >= 11 is 11.8. The molecule has 0 atom stereocenters. The zero-order valence-electron chi connectivity index (χ0n) is 8.36. The maximum Gasteiger partial charge on any atom is 0.0668 e. The number of hydrogen-bond donors (Lipinski definition) is 1. The number of benzene rings is 1. The molecule has 0 fully saturated rings. The highest BCUT2D eigenvalue weighted by Crippen LogP contribution is 2.31. The van der Waals surface area contributed by atoms with Gasteiger partial charge in [-0.15, -0.1) is 0 Å². The molecule has 0 unspecified atom stereocenters. The van der Waals surface area contributed by atoms with E-state index >= 15 is 0 Å². The van der Waals surface area contributed by atoms with Crippen LogP contribution in [0.2, 0.25) is 10.0 Å². The number of aromatic amines is 1. The van der Waals surface area contributed by atoms with Crippen molar-refractivity contribution in [3.05, 3.63) is 27.9 Å². The molecule has 0 saturated carbocycles. The van der Waals surface area contributed by atoms with Crippen molar-refractivity contribution in [2.75, 3.05) is 0 Å². The fourth-order valence-electron chi connectivity index (χ4n) is 1.19. The van der Waals surface area contributed by atoms with Crippen LogP contribution in [0, 0.1) is 6.92 Å². The molecule has 2 rings (SSSR count). The molecule has 76 valence electrons. The number of aromatic nitrogens is 2. The Labute approximate surface area is 93.2 Å². The van der Waals surface area contributed by atoms with E-state index in [-0.39, 0.29) is 0 Å². The molecule has 1 aromatic carbocycles. The predicted octanol–water partition coefficient (Wildman–Crippen LogP) is 4.20. The first-order valence-corrected chi connectivity index (χ1v) is 5.23. The van der Waals surface area contributed by atoms with Crippen LogP contribution >= 0.6 is 23.2 Å². The third-order valence-electron chi connectivity index (χ3n) is 1.88. The lowest BCUT2D eigenvalue weighted by molar-refractivity contribution is 1.12. The van der Waals surface area contributed by atoms with Crippen LogP contribution in [0.25, 0.3) is 10.9 Å². The van der Waals surface area contributed by atoms with Gasteiger partial charge in [-0.25, -0.2) is 0 Å². The van der Waals surface area contributed by atoms with Gasteiger partial charge in [-0.2, -0.15) is 5.10 Å². The molecular weight excluding hydrogens is 219 g/mol. The molecule has 0 aliphatic heterocycles. The molecule has 2 nitrogen and oxygen atoms in total. The summed E-state index contributed by atoms with van der Waals surface area (Å²) in [6, 6.07) is 1.78. The van der Waals surface area contributed by atoms with Crippen LogP contribution in [0.3, 0.4) is 0 Å². The fraction of sp³-hybridized carbons (Fsp3) is 0.300. The summed E-state index contributed by atoms with van der Waals surface area (Å²) in [5.74, 6) is 0. The molecule has 0 amide bonds. The summed E-state index contributed by atoms with van der Waals surface area (Å²) < 4.78 is 0. The van der Waals surface area contributed by atoms with E-state index in [9.17, 15) is 0 Å². The van der Waals surface area contributed by atoms with Gasteiger partial charge in [0.15, 0.2) is 0 Å². The molecule has 0 spiro atoms. The highest BCUT2D eigenvalue weighted by Gasteiger charge is 2.07. The van der Waals surface area contributed by atoms with Gasteiger partial charge < -0.3 is 0 Å². The number of hydrogen-bond acceptors (Lipinski definition) is 1. The van der Waals surface area contributed by atoms with Crippen molar-refractivity contribution in [3.63, 3.8) is 0 Å². The third kappa shape index (κ3) is 1.86. The van der Waals surface area contributed by atoms with E-state index in [0.717, 1.165) is 16.5 Å². The number of rotatable bonds is 0. The second kappa shape index (κ2) is 4.67. The quantitative estimate of drug-likeness (QED) is 0.722. The van der Waals surface area contributed by atoms with Crippen LogP contribution in [-0.2, 0) is 0 Å². The first-order valence-electron chi connectivity index (χ1n) is 4.48. The molecule has 1 aromatic heterocycles. The lowest BCUT2D eigenvalue weighted by Crippen LogP contribution is -1.78. The molecule has 0 aliphatic carbocycles. The van der Waals surface area contributed by atoms with Crippen molar-refractivity contribution in [2.24, 2.45) is 0 Å². The number of halogens is 2. The normalized spacial score (nSPS) is 9.79. The van der Waals surface area contributed by atoms with Crippen molar-refractivity contribution >= 4 is 34.1 Å². The van der Waals surface area contributed by atoms with Gasteiger partial charge in [-0.1, -0.05) is 37.0 Å². The predicted molar refractivity (Wildman–Crippen MR) is 62.2 cm³/mol. The lowest BCUT2D eigenvalue weighted by atomic mass is 10.1. The second-order valence-electron chi connectivity index (χ2n) is 2.63. The molecule has 0 saturated heterocycles. The summed E-state index contributed by atoms with van der Waals surface area (Å²) in [5.41, 5.74) is 1.88. The second-order valence-corrected chi connectivity index (χ2v) is 3.41. The SMILES string of the molecule is CC.Cc1c(Cl)c(Cl)cc2[nH]ncc12. The van der Waals surface area contributed by atoms with Gasteiger partial charge in [-0.3, -0.25) is 5.10 Å². The van der Waals surface area contributed by atoms with E-state index in [2.05, 4.69) is 10.2 Å². The topological polar surface area (TPSA) is 28.7 Å². The molecule has 2 aromatic rings. The third-order valence-corrected chi connectivity index (χ3v) is 2.76. The summed E-state index contributed by atoms with van der Waals surface area (Å²) in [7, 11) is 0. The van der Waals surface area contributed by atoms with Gasteiger partial charge >= 0.3 is 0 Å². The van der Waals surface area contributed by atoms with Crippen LogP contribution in [0.5, 0.6) is 0 Å². The Hall–Kier alpha value is -0.730. The van der Waals surface area contributed by atoms with Crippen molar-refractivity contribution in [1.82, 2.24) is 10.2 Å². The zero-order valence-corrected chi connectivity index (χ0v) is 9.87. The minimum atomic E-state index is 0.561. The van der Waals surface area contributed by atoms with Gasteiger partial charge in [0.05, 0.1) is 21.8 Å². The maximum atomic E-state index is 5.94. The molecule has 0 aliphatic rings. The molecule has 1 heterocycles. The fourth-order valence-corrected chi connectivity index (χ4v) is 1.60. The van der Waals surface area contributed by atoms with E-state index in [1.165, 1.54) is 0 Å². The molecule has 14 heavy (non-hydrogen) atoms. The summed E-state index contributed by atoms with van der Waals surface area (Å²) in [6.45, 7) is 5.92. The van der Waals surface area contributed by atoms with E-state index in [1.54, 1.807) is 12.3 Å². The number of H-pyrrole nitrogens is 1. The average molecular weight is 231 g/mol. The van der Waals surface area contributed by atoms with Crippen LogP contribution in [-0.4, -0.2) is 10.2 Å². The zero-order chi connectivity index (χ0) is 10.7. The van der Waals surface area contributed by atoms with Gasteiger partial charge in [0, 0.05) is 5.39 Å². The minimum absolute atomic E-state index is 0.561. The summed E-state index contributed by atoms with van der Waals surface area (Å²) in [6.07, 6.45) is 1.74. The lowest BCUT2D eigenvalue weighted by Gasteiger charge is -2.00. The first-order chi connectivity index (χ1) is 6.70. The minimum Gasteiger partial charge on any atom is -0.278 e. The molecule has 1 N–H and O–H groups in total. The van der Waals surface area contributed by atoms with Crippen LogP contribution in [0.1, 0.15) is 19.4 Å². The largest absolute Gasteiger partial charge is 0.278 e. The number of fused-ring (bicyclic) bond motifs is 1. The standard InChI is InChI=1S/C8H6Cl2N2.C2H6/c1-4-5-3-11-12-7(5)2-6(9)8(4)10;1-2/h2-3H,1H3,(H,11,12);1-2H3. The van der Waals surface area contributed by atoms with E-state index in [0.29, 0.717) is 10.0 Å². The Morgan fingerprint density at radius 3 is 2.57 bits per heavy atom. The Bertz CT molecular complexity index is 435. The molecule has 0 radical (unpaired) electrons. The van der Waals surface area contributed by atoms with Gasteiger partial charge in [0.1, 0.15) is 0 Å². The smallest absolute Gasteiger partial charge is 0.0668 e. The van der Waals surface area contributed by atoms with E-state index in [4.69, 9.17) is 23.2 Å². The van der Waals surface area contributed by atoms with Gasteiger partial charge in [-0.05, 0) is 18.6 Å². The number of nitrogens with zero attached hydrogens (tertiary/aromatic N) is 1. The Balaban J connectivity index is 0.000000461. The molecule has 4 heteroatoms. The van der Waals surface area contributed by atoms with Gasteiger partial charge in [0.25, 0.3) is 0 Å². The number of aryl methyl sites for hydroxylation is 1. The maximum absolute atomic E-state index is 5.94. The summed E-state index contributed by atoms with van der Waals surface area (Å²) in [5, 5.41) is 8.92. The van der Waals surface area contributed by atoms with Crippen LogP contribution < -0.4 is 0 Å². The summed E-state index contributed by atoms with van der Waals surface area (Å²) in [4.78, 5) is 0. The van der Waals surface area contributed by atoms with Crippen LogP contribution in [0.4, 0.5) is 0 Å². The highest BCUT2D eigenvalue weighted by molar-refractivity contribution is 6.43. The first kappa shape index (κ1) is 11.3. The van der Waals surface area contributed by atoms with Crippen molar-refractivity contribution in [3.8, 4) is 0 Å². The van der Waals surface area contributed by atoms with Crippen molar-refractivity contribution in [2.45, 2.75) is 20.8 Å². The molecular formula is C10H12Cl2N2. The van der Waals surface area contributed by atoms with Crippen molar-refractivity contribution in [1.29, 1.82) is 0 Å². The van der Waals surface area contributed by atoms with E-state index in [1.807, 2.05) is 20.8 Å². The Morgan fingerprint density at radius 2 is 1.93 bits per heavy atom. The Morgan fingerprint density at radius 1 is 1.29 bits per heavy atom. The Kier molecular flexibility index (Phi) is 3.78.